The number of amidine groups is 1. The van der Waals surface area contributed by atoms with E-state index < -0.39 is 6.04 Å². The van der Waals surface area contributed by atoms with Crippen molar-refractivity contribution in [2.75, 3.05) is 0 Å². The summed E-state index contributed by atoms with van der Waals surface area (Å²) < 4.78 is 0. The average Bonchev–Trinajstić information content (AvgIpc) is 1.80. The van der Waals surface area contributed by atoms with Crippen molar-refractivity contribution in [3.63, 3.8) is 0 Å². The van der Waals surface area contributed by atoms with E-state index in [4.69, 9.17) is 0 Å². The summed E-state index contributed by atoms with van der Waals surface area (Å²) >= 11 is 4.49. The van der Waals surface area contributed by atoms with Gasteiger partial charge in [-0.3, -0.25) is 4.79 Å². The predicted octanol–water partition coefficient (Wildman–Crippen LogP) is 0.268. The largest absolute Gasteiger partial charge is 0.738 e. The monoisotopic (exact) mass is 337 g/mol. The van der Waals surface area contributed by atoms with E-state index in [0.29, 0.717) is 0 Å². The fourth-order valence-electron chi connectivity index (χ4n) is 0.395. The molecule has 1 amide bonds. The number of nitrogens with zero attached hydrogens (tertiary/aromatic N) is 3. The zero-order valence-electron chi connectivity index (χ0n) is 5.05. The minimum absolute atomic E-state index is 0. The van der Waals surface area contributed by atoms with Gasteiger partial charge in [0.05, 0.1) is 0 Å². The van der Waals surface area contributed by atoms with Crippen LogP contribution in [-0.2, 0) is 38.5 Å². The van der Waals surface area contributed by atoms with Gasteiger partial charge in [-0.05, 0) is 6.92 Å². The first-order valence-corrected chi connectivity index (χ1v) is 2.81. The number of amides is 1. The van der Waals surface area contributed by atoms with E-state index in [0.717, 1.165) is 0 Å². The Labute approximate surface area is 77.9 Å². The molecule has 0 spiro atoms. The molecule has 0 aliphatic carbocycles. The third kappa shape index (κ3) is 2.23. The van der Waals surface area contributed by atoms with Crippen LogP contribution in [0.5, 0.6) is 0 Å². The van der Waals surface area contributed by atoms with Crippen molar-refractivity contribution >= 4 is 23.7 Å². The third-order valence-electron chi connectivity index (χ3n) is 0.880. The van der Waals surface area contributed by atoms with Crippen LogP contribution in [0.3, 0.4) is 0 Å². The van der Waals surface area contributed by atoms with E-state index in [1.54, 1.807) is 6.92 Å². The standard InChI is InChI=1S/C4H5N3OS.Pt/c1-2-3(8)5-4(9)7-6-2;/h2H,1H3,(H,5,8,9);/p-1. The van der Waals surface area contributed by atoms with Crippen LogP contribution in [0.15, 0.2) is 15.2 Å². The average molecular weight is 337 g/mol. The van der Waals surface area contributed by atoms with Gasteiger partial charge in [-0.1, -0.05) is 0 Å². The maximum absolute atomic E-state index is 10.6. The molecule has 0 saturated heterocycles. The Bertz CT molecular complexity index is 203. The molecular formula is C4H4N3OPtS-. The van der Waals surface area contributed by atoms with E-state index in [1.807, 2.05) is 0 Å². The first-order chi connectivity index (χ1) is 4.20. The number of carbonyl (C=O) groups is 1. The topological polar surface area (TPSA) is 54.1 Å². The molecular weight excluding hydrogens is 333 g/mol. The van der Waals surface area contributed by atoms with Crippen molar-refractivity contribution in [3.05, 3.63) is 0 Å². The Morgan fingerprint density at radius 2 is 2.20 bits per heavy atom. The number of rotatable bonds is 0. The molecule has 0 bridgehead atoms. The molecule has 1 rings (SSSR count). The molecule has 1 heterocycles. The maximum atomic E-state index is 10.6. The second kappa shape index (κ2) is 3.88. The van der Waals surface area contributed by atoms with Crippen molar-refractivity contribution in [2.24, 2.45) is 15.2 Å². The third-order valence-corrected chi connectivity index (χ3v) is 1.05. The van der Waals surface area contributed by atoms with Gasteiger partial charge in [-0.25, -0.2) is 4.99 Å². The van der Waals surface area contributed by atoms with E-state index in [-0.39, 0.29) is 32.1 Å². The molecule has 1 aliphatic rings. The number of hydrogen-bond acceptors (Lipinski definition) is 4. The van der Waals surface area contributed by atoms with Crippen molar-refractivity contribution < 1.29 is 25.9 Å². The Morgan fingerprint density at radius 1 is 1.60 bits per heavy atom. The SMILES string of the molecule is CC1N=NC([S-])=NC1=O.[Pt]. The van der Waals surface area contributed by atoms with Gasteiger partial charge in [-0.15, -0.1) is 0 Å². The van der Waals surface area contributed by atoms with Gasteiger partial charge >= 0.3 is 0 Å². The van der Waals surface area contributed by atoms with Crippen LogP contribution in [0.1, 0.15) is 6.92 Å². The van der Waals surface area contributed by atoms with Gasteiger partial charge in [0.15, 0.2) is 0 Å². The minimum atomic E-state index is -0.448. The number of hydrogen-bond donors (Lipinski definition) is 0. The van der Waals surface area contributed by atoms with E-state index in [2.05, 4.69) is 27.8 Å². The number of azo groups is 1. The van der Waals surface area contributed by atoms with E-state index >= 15 is 0 Å². The second-order valence-electron chi connectivity index (χ2n) is 1.62. The van der Waals surface area contributed by atoms with Crippen molar-refractivity contribution in [3.8, 4) is 0 Å². The normalized spacial score (nSPS) is 23.5. The molecule has 10 heavy (non-hydrogen) atoms. The van der Waals surface area contributed by atoms with Crippen molar-refractivity contribution in [1.29, 1.82) is 0 Å². The van der Waals surface area contributed by atoms with E-state index in [1.165, 1.54) is 0 Å². The second-order valence-corrected chi connectivity index (χ2v) is 1.99. The molecule has 0 aromatic carbocycles. The van der Waals surface area contributed by atoms with Gasteiger partial charge in [-0.2, -0.15) is 10.2 Å². The summed E-state index contributed by atoms with van der Waals surface area (Å²) in [5.41, 5.74) is 0. The van der Waals surface area contributed by atoms with Crippen LogP contribution < -0.4 is 0 Å². The van der Waals surface area contributed by atoms with Gasteiger partial charge < -0.3 is 12.6 Å². The smallest absolute Gasteiger partial charge is 0.272 e. The molecule has 0 aromatic rings. The van der Waals surface area contributed by atoms with Crippen molar-refractivity contribution in [1.82, 2.24) is 0 Å². The van der Waals surface area contributed by atoms with Crippen LogP contribution in [0.4, 0.5) is 0 Å². The molecule has 0 fully saturated rings. The minimum Gasteiger partial charge on any atom is -0.738 e. The van der Waals surface area contributed by atoms with E-state index in [9.17, 15) is 4.79 Å². The first-order valence-electron chi connectivity index (χ1n) is 2.40. The van der Waals surface area contributed by atoms with Crippen LogP contribution in [0.2, 0.25) is 0 Å². The molecule has 0 radical (unpaired) electrons. The van der Waals surface area contributed by atoms with Gasteiger partial charge in [0, 0.05) is 26.2 Å². The Morgan fingerprint density at radius 3 is 2.60 bits per heavy atom. The summed E-state index contributed by atoms with van der Waals surface area (Å²) in [7, 11) is 0. The quantitative estimate of drug-likeness (QED) is 0.596. The molecule has 1 atom stereocenters. The van der Waals surface area contributed by atoms with Gasteiger partial charge in [0.25, 0.3) is 5.91 Å². The Hall–Kier alpha value is -0.152. The van der Waals surface area contributed by atoms with Crippen molar-refractivity contribution in [2.45, 2.75) is 13.0 Å². The van der Waals surface area contributed by atoms with Crippen LogP contribution in [-0.4, -0.2) is 17.1 Å². The van der Waals surface area contributed by atoms with Gasteiger partial charge in [0.2, 0.25) is 0 Å². The summed E-state index contributed by atoms with van der Waals surface area (Å²) in [4.78, 5) is 14.0. The summed E-state index contributed by atoms with van der Waals surface area (Å²) in [6.07, 6.45) is 0. The molecule has 0 aromatic heterocycles. The zero-order valence-corrected chi connectivity index (χ0v) is 8.14. The Kier molecular flexibility index (Phi) is 3.82. The Balaban J connectivity index is 0.000000810. The molecule has 0 N–H and O–H groups in total. The summed E-state index contributed by atoms with van der Waals surface area (Å²) in [6, 6.07) is -0.448. The number of carbonyl (C=O) groups excluding carboxylic acids is 1. The van der Waals surface area contributed by atoms with Gasteiger partial charge in [0.1, 0.15) is 6.04 Å². The fourth-order valence-corrected chi connectivity index (χ4v) is 0.533. The summed E-state index contributed by atoms with van der Waals surface area (Å²) in [6.45, 7) is 1.62. The first kappa shape index (κ1) is 9.85. The molecule has 0 saturated carbocycles. The number of aliphatic imine (C=N–C) groups is 1. The summed E-state index contributed by atoms with van der Waals surface area (Å²) in [5.74, 6) is -0.310. The molecule has 58 valence electrons. The summed E-state index contributed by atoms with van der Waals surface area (Å²) in [5, 5.41) is 6.99. The van der Waals surface area contributed by atoms with Crippen LogP contribution in [0.25, 0.3) is 0 Å². The zero-order chi connectivity index (χ0) is 6.85. The fraction of sp³-hybridized carbons (Fsp3) is 0.500. The molecule has 1 unspecified atom stereocenters. The molecule has 6 heteroatoms. The molecule has 1 aliphatic heterocycles. The molecule has 4 nitrogen and oxygen atoms in total. The predicted molar refractivity (Wildman–Crippen MR) is 34.1 cm³/mol. The van der Waals surface area contributed by atoms with Crippen LogP contribution >= 0.6 is 0 Å². The maximum Gasteiger partial charge on any atom is 0.272 e. The van der Waals surface area contributed by atoms with Crippen LogP contribution in [0, 0.1) is 0 Å².